The zero-order valence-corrected chi connectivity index (χ0v) is 17.9. The summed E-state index contributed by atoms with van der Waals surface area (Å²) in [7, 11) is 0. The molecule has 0 atom stereocenters. The van der Waals surface area contributed by atoms with E-state index in [1.54, 1.807) is 10.8 Å². The van der Waals surface area contributed by atoms with Crippen molar-refractivity contribution in [1.82, 2.24) is 4.57 Å². The van der Waals surface area contributed by atoms with Gasteiger partial charge in [0.15, 0.2) is 12.4 Å². The van der Waals surface area contributed by atoms with Crippen LogP contribution >= 0.6 is 0 Å². The summed E-state index contributed by atoms with van der Waals surface area (Å²) >= 11 is 0. The van der Waals surface area contributed by atoms with Crippen LogP contribution < -0.4 is 14.9 Å². The average Bonchev–Trinajstić information content (AvgIpc) is 2.76. The van der Waals surface area contributed by atoms with Gasteiger partial charge in [-0.2, -0.15) is 4.57 Å². The van der Waals surface area contributed by atoms with Crippen LogP contribution in [0.2, 0.25) is 0 Å². The summed E-state index contributed by atoms with van der Waals surface area (Å²) in [5.74, 6) is -0.591. The van der Waals surface area contributed by atoms with Crippen LogP contribution in [0.3, 0.4) is 0 Å². The third-order valence-electron chi connectivity index (χ3n) is 6.52. The number of halogens is 1. The van der Waals surface area contributed by atoms with Crippen molar-refractivity contribution in [3.05, 3.63) is 69.5 Å². The number of hydrogen-bond acceptors (Lipinski definition) is 3. The Labute approximate surface area is 180 Å². The topological polar surface area (TPSA) is 46.2 Å². The maximum Gasteiger partial charge on any atom is 0.232 e. The number of anilines is 1. The van der Waals surface area contributed by atoms with E-state index in [1.807, 2.05) is 36.0 Å². The summed E-state index contributed by atoms with van der Waals surface area (Å²) in [6.07, 6.45) is 10.3. The lowest BCUT2D eigenvalue weighted by atomic mass is 9.95. The second kappa shape index (κ2) is 7.91. The summed E-state index contributed by atoms with van der Waals surface area (Å²) in [4.78, 5) is 28.5. The number of ketones is 1. The van der Waals surface area contributed by atoms with Crippen molar-refractivity contribution in [1.29, 1.82) is 0 Å². The van der Waals surface area contributed by atoms with Gasteiger partial charge in [0.2, 0.25) is 17.8 Å². The number of nitrogens with zero attached hydrogens (tertiary/aromatic N) is 3. The van der Waals surface area contributed by atoms with E-state index in [-0.39, 0.29) is 29.1 Å². The molecule has 0 bridgehead atoms. The van der Waals surface area contributed by atoms with Gasteiger partial charge in [0.05, 0.1) is 16.8 Å². The van der Waals surface area contributed by atoms with E-state index in [0.717, 1.165) is 62.0 Å². The van der Waals surface area contributed by atoms with Gasteiger partial charge in [0.25, 0.3) is 0 Å². The lowest BCUT2D eigenvalue weighted by Crippen LogP contribution is -2.39. The molecule has 160 valence electrons. The first kappa shape index (κ1) is 19.9. The molecule has 5 rings (SSSR count). The highest BCUT2D eigenvalue weighted by Crippen LogP contribution is 2.36. The molecule has 0 amide bonds. The monoisotopic (exact) mass is 420 g/mol. The Bertz CT molecular complexity index is 1240. The summed E-state index contributed by atoms with van der Waals surface area (Å²) in [6.45, 7) is 4.48. The standard InChI is InChI=1S/C25H27FN3O2/c1-17-7-5-9-27(14-17)16-22(30)20-15-29-12-6-8-18-23(29)19(25(20)31)13-21(26)24(18)28-10-3-2-4-11-28/h5,7,9,13-15H,2-4,6,8,10-12,16H2,1H3/q+1. The molecule has 1 fully saturated rings. The molecular weight excluding hydrogens is 393 g/mol. The number of benzene rings is 1. The SMILES string of the molecule is Cc1ccc[n+](CC(=O)c2cn3c4c(c(N5CCCCC5)c(F)cc4c2=O)CCC3)c1. The lowest BCUT2D eigenvalue weighted by Gasteiger charge is -2.33. The lowest BCUT2D eigenvalue weighted by molar-refractivity contribution is -0.683. The van der Waals surface area contributed by atoms with Crippen LogP contribution in [-0.2, 0) is 19.5 Å². The second-order valence-corrected chi connectivity index (χ2v) is 8.78. The van der Waals surface area contributed by atoms with Crippen LogP contribution in [-0.4, -0.2) is 23.4 Å². The van der Waals surface area contributed by atoms with Gasteiger partial charge in [0.1, 0.15) is 5.82 Å². The first-order valence-corrected chi connectivity index (χ1v) is 11.2. The molecule has 0 saturated carbocycles. The minimum Gasteiger partial charge on any atom is -0.369 e. The Balaban J connectivity index is 1.63. The van der Waals surface area contributed by atoms with Gasteiger partial charge in [-0.1, -0.05) is 0 Å². The molecule has 0 N–H and O–H groups in total. The fraction of sp³-hybridized carbons (Fsp3) is 0.400. The van der Waals surface area contributed by atoms with Crippen LogP contribution in [0.5, 0.6) is 0 Å². The molecule has 4 heterocycles. The van der Waals surface area contributed by atoms with Crippen molar-refractivity contribution < 1.29 is 13.8 Å². The van der Waals surface area contributed by atoms with Crippen molar-refractivity contribution in [3.8, 4) is 0 Å². The third-order valence-corrected chi connectivity index (χ3v) is 6.52. The minimum absolute atomic E-state index is 0.0869. The maximum atomic E-state index is 15.3. The molecule has 5 nitrogen and oxygen atoms in total. The van der Waals surface area contributed by atoms with Crippen molar-refractivity contribution >= 4 is 22.4 Å². The van der Waals surface area contributed by atoms with Crippen LogP contribution in [0.1, 0.15) is 47.2 Å². The zero-order chi connectivity index (χ0) is 21.5. The summed E-state index contributed by atoms with van der Waals surface area (Å²) in [6, 6.07) is 5.20. The molecule has 2 aromatic heterocycles. The number of hydrogen-bond donors (Lipinski definition) is 0. The van der Waals surface area contributed by atoms with E-state index in [2.05, 4.69) is 4.90 Å². The smallest absolute Gasteiger partial charge is 0.232 e. The fourth-order valence-corrected chi connectivity index (χ4v) is 5.11. The van der Waals surface area contributed by atoms with Crippen LogP contribution in [0, 0.1) is 12.7 Å². The number of aryl methyl sites for hydroxylation is 3. The third kappa shape index (κ3) is 3.54. The molecule has 31 heavy (non-hydrogen) atoms. The normalized spacial score (nSPS) is 16.0. The molecule has 0 aliphatic carbocycles. The first-order valence-electron chi connectivity index (χ1n) is 11.2. The van der Waals surface area contributed by atoms with E-state index >= 15 is 4.39 Å². The molecule has 3 aromatic rings. The summed E-state index contributed by atoms with van der Waals surface area (Å²) in [5.41, 5.74) is 3.20. The van der Waals surface area contributed by atoms with Crippen molar-refractivity contribution in [2.75, 3.05) is 18.0 Å². The molecule has 2 aliphatic rings. The second-order valence-electron chi connectivity index (χ2n) is 8.78. The predicted molar refractivity (Wildman–Crippen MR) is 118 cm³/mol. The Morgan fingerprint density at radius 2 is 1.97 bits per heavy atom. The van der Waals surface area contributed by atoms with Gasteiger partial charge >= 0.3 is 0 Å². The fourth-order valence-electron chi connectivity index (χ4n) is 5.11. The first-order chi connectivity index (χ1) is 15.0. The number of piperidine rings is 1. The van der Waals surface area contributed by atoms with E-state index in [1.165, 1.54) is 12.5 Å². The van der Waals surface area contributed by atoms with E-state index in [4.69, 9.17) is 0 Å². The van der Waals surface area contributed by atoms with E-state index in [9.17, 15) is 9.59 Å². The number of rotatable bonds is 4. The molecule has 0 unspecified atom stereocenters. The highest BCUT2D eigenvalue weighted by Gasteiger charge is 2.27. The van der Waals surface area contributed by atoms with Crippen molar-refractivity contribution in [2.45, 2.75) is 52.1 Å². The Hall–Kier alpha value is -3.02. The Kier molecular flexibility index (Phi) is 5.08. The highest BCUT2D eigenvalue weighted by atomic mass is 19.1. The maximum absolute atomic E-state index is 15.3. The minimum atomic E-state index is -0.364. The van der Waals surface area contributed by atoms with Crippen LogP contribution in [0.25, 0.3) is 10.9 Å². The molecule has 6 heteroatoms. The molecule has 0 radical (unpaired) electrons. The van der Waals surface area contributed by atoms with E-state index in [0.29, 0.717) is 11.1 Å². The van der Waals surface area contributed by atoms with Crippen molar-refractivity contribution in [3.63, 3.8) is 0 Å². The molecule has 2 aliphatic heterocycles. The van der Waals surface area contributed by atoms with Gasteiger partial charge in [-0.25, -0.2) is 4.39 Å². The highest BCUT2D eigenvalue weighted by molar-refractivity contribution is 5.99. The van der Waals surface area contributed by atoms with Gasteiger partial charge in [-0.05, 0) is 51.2 Å². The zero-order valence-electron chi connectivity index (χ0n) is 17.9. The Morgan fingerprint density at radius 3 is 2.74 bits per heavy atom. The van der Waals surface area contributed by atoms with Crippen molar-refractivity contribution in [2.24, 2.45) is 0 Å². The number of carbonyl (C=O) groups is 1. The largest absolute Gasteiger partial charge is 0.369 e. The number of aromatic nitrogens is 2. The summed E-state index contributed by atoms with van der Waals surface area (Å²) in [5, 5.41) is 0.327. The molecular formula is C25H27FN3O2+. The number of Topliss-reactive ketones (excluding diaryl/α,β-unsaturated/α-hetero) is 1. The molecule has 0 spiro atoms. The number of carbonyl (C=O) groups excluding carboxylic acids is 1. The van der Waals surface area contributed by atoms with E-state index < -0.39 is 0 Å². The van der Waals surface area contributed by atoms with Crippen LogP contribution in [0.4, 0.5) is 10.1 Å². The Morgan fingerprint density at radius 1 is 1.16 bits per heavy atom. The van der Waals surface area contributed by atoms with Gasteiger partial charge < -0.3 is 9.47 Å². The molecule has 1 aromatic carbocycles. The average molecular weight is 421 g/mol. The van der Waals surface area contributed by atoms with Gasteiger partial charge in [-0.3, -0.25) is 9.59 Å². The summed E-state index contributed by atoms with van der Waals surface area (Å²) < 4.78 is 19.1. The predicted octanol–water partition coefficient (Wildman–Crippen LogP) is 3.56. The van der Waals surface area contributed by atoms with Gasteiger partial charge in [-0.15, -0.1) is 0 Å². The van der Waals surface area contributed by atoms with Crippen LogP contribution in [0.15, 0.2) is 41.6 Å². The molecule has 1 saturated heterocycles. The van der Waals surface area contributed by atoms with Gasteiger partial charge in [0, 0.05) is 48.4 Å². The number of pyridine rings is 2. The quantitative estimate of drug-likeness (QED) is 0.479.